The van der Waals surface area contributed by atoms with Crippen LogP contribution in [0.15, 0.2) is 23.2 Å². The molecule has 20 heavy (non-hydrogen) atoms. The summed E-state index contributed by atoms with van der Waals surface area (Å²) in [6.45, 7) is 4.01. The average molecular weight is 276 g/mol. The summed E-state index contributed by atoms with van der Waals surface area (Å²) >= 11 is 0. The molecule has 1 rings (SSSR count). The number of carbonyl (C=O) groups excluding carboxylic acids is 1. The molecule has 0 fully saturated rings. The molecule has 0 aromatic heterocycles. The molecule has 0 aliphatic rings. The fourth-order valence-electron chi connectivity index (χ4n) is 2.39. The summed E-state index contributed by atoms with van der Waals surface area (Å²) in [6.07, 6.45) is 0. The minimum absolute atomic E-state index is 0.114. The number of carbonyl (C=O) groups is 1. The van der Waals surface area contributed by atoms with Crippen LogP contribution in [0.3, 0.4) is 0 Å². The first-order valence-electron chi connectivity index (χ1n) is 6.53. The van der Waals surface area contributed by atoms with Gasteiger partial charge in [0, 0.05) is 35.2 Å². The highest BCUT2D eigenvalue weighted by molar-refractivity contribution is 6.03. The number of nitrogens with zero attached hydrogens (tertiary/aromatic N) is 4. The predicted molar refractivity (Wildman–Crippen MR) is 84.5 cm³/mol. The maximum atomic E-state index is 12.6. The maximum Gasteiger partial charge on any atom is 0.330 e. The second-order valence-corrected chi connectivity index (χ2v) is 5.06. The van der Waals surface area contributed by atoms with Gasteiger partial charge in [-0.2, -0.15) is 0 Å². The lowest BCUT2D eigenvalue weighted by Gasteiger charge is -2.30. The normalized spacial score (nSPS) is 11.2. The van der Waals surface area contributed by atoms with Gasteiger partial charge in [-0.25, -0.2) is 4.79 Å². The van der Waals surface area contributed by atoms with Crippen LogP contribution in [0.4, 0.5) is 10.5 Å². The third-order valence-corrected chi connectivity index (χ3v) is 3.25. The van der Waals surface area contributed by atoms with Gasteiger partial charge in [0.25, 0.3) is 0 Å². The van der Waals surface area contributed by atoms with Gasteiger partial charge in [-0.15, -0.1) is 0 Å². The molecule has 110 valence electrons. The van der Waals surface area contributed by atoms with Gasteiger partial charge < -0.3 is 4.90 Å². The number of urea groups is 1. The average Bonchev–Trinajstić information content (AvgIpc) is 2.37. The summed E-state index contributed by atoms with van der Waals surface area (Å²) in [4.78, 5) is 21.8. The van der Waals surface area contributed by atoms with Crippen LogP contribution in [-0.4, -0.2) is 57.0 Å². The molecule has 5 nitrogen and oxygen atoms in total. The Balaban J connectivity index is 3.09. The number of aryl methyl sites for hydroxylation is 2. The highest BCUT2D eigenvalue weighted by Gasteiger charge is 2.22. The summed E-state index contributed by atoms with van der Waals surface area (Å²) in [5.41, 5.74) is 3.10. The van der Waals surface area contributed by atoms with Gasteiger partial charge >= 0.3 is 6.03 Å². The number of amides is 2. The minimum Gasteiger partial charge on any atom is -0.349 e. The SMILES string of the molecule is CN=C(N(C)C)N(C)C(=O)N(C)c1c(C)cccc1C. The Bertz CT molecular complexity index is 502. The van der Waals surface area contributed by atoms with E-state index >= 15 is 0 Å². The summed E-state index contributed by atoms with van der Waals surface area (Å²) in [5, 5.41) is 0. The minimum atomic E-state index is -0.114. The molecular formula is C15H24N4O. The number of aliphatic imine (C=N–C) groups is 1. The van der Waals surface area contributed by atoms with Gasteiger partial charge in [0.05, 0.1) is 5.69 Å². The summed E-state index contributed by atoms with van der Waals surface area (Å²) < 4.78 is 0. The van der Waals surface area contributed by atoms with Crippen LogP contribution >= 0.6 is 0 Å². The first kappa shape index (κ1) is 16.0. The molecule has 0 aliphatic carbocycles. The largest absolute Gasteiger partial charge is 0.349 e. The lowest BCUT2D eigenvalue weighted by atomic mass is 10.1. The molecule has 0 unspecified atom stereocenters. The van der Waals surface area contributed by atoms with Crippen molar-refractivity contribution in [3.8, 4) is 0 Å². The van der Waals surface area contributed by atoms with Crippen LogP contribution in [0.5, 0.6) is 0 Å². The van der Waals surface area contributed by atoms with Gasteiger partial charge in [0.2, 0.25) is 5.96 Å². The molecule has 2 amide bonds. The van der Waals surface area contributed by atoms with Crippen molar-refractivity contribution in [1.29, 1.82) is 0 Å². The molecule has 0 heterocycles. The Morgan fingerprint density at radius 3 is 1.95 bits per heavy atom. The highest BCUT2D eigenvalue weighted by Crippen LogP contribution is 2.24. The molecule has 0 N–H and O–H groups in total. The number of hydrogen-bond donors (Lipinski definition) is 0. The Hall–Kier alpha value is -2.04. The quantitative estimate of drug-likeness (QED) is 0.583. The van der Waals surface area contributed by atoms with E-state index in [1.54, 1.807) is 30.9 Å². The fraction of sp³-hybridized carbons (Fsp3) is 0.467. The van der Waals surface area contributed by atoms with E-state index in [1.165, 1.54) is 0 Å². The zero-order valence-electron chi connectivity index (χ0n) is 13.4. The number of rotatable bonds is 1. The van der Waals surface area contributed by atoms with E-state index in [0.29, 0.717) is 5.96 Å². The Morgan fingerprint density at radius 2 is 1.55 bits per heavy atom. The van der Waals surface area contributed by atoms with Crippen LogP contribution in [0.1, 0.15) is 11.1 Å². The standard InChI is InChI=1S/C15H24N4O/c1-11-9-8-10-12(2)13(11)18(6)15(20)19(7)14(16-3)17(4)5/h8-10H,1-7H3. The molecule has 0 bridgehead atoms. The molecule has 0 radical (unpaired) electrons. The van der Waals surface area contributed by atoms with Crippen molar-refractivity contribution >= 4 is 17.7 Å². The zero-order valence-corrected chi connectivity index (χ0v) is 13.4. The molecule has 0 atom stereocenters. The van der Waals surface area contributed by atoms with E-state index in [2.05, 4.69) is 4.99 Å². The Morgan fingerprint density at radius 1 is 1.05 bits per heavy atom. The van der Waals surface area contributed by atoms with E-state index in [1.807, 2.05) is 51.0 Å². The van der Waals surface area contributed by atoms with Gasteiger partial charge in [-0.3, -0.25) is 14.8 Å². The van der Waals surface area contributed by atoms with Gasteiger partial charge in [0.15, 0.2) is 0 Å². The van der Waals surface area contributed by atoms with Crippen LogP contribution in [0.2, 0.25) is 0 Å². The molecule has 1 aromatic carbocycles. The van der Waals surface area contributed by atoms with Crippen molar-refractivity contribution < 1.29 is 4.79 Å². The molecular weight excluding hydrogens is 252 g/mol. The molecule has 0 aliphatic heterocycles. The second kappa shape index (κ2) is 6.41. The molecule has 0 spiro atoms. The van der Waals surface area contributed by atoms with Gasteiger partial charge in [-0.05, 0) is 25.0 Å². The number of anilines is 1. The van der Waals surface area contributed by atoms with Crippen molar-refractivity contribution in [3.63, 3.8) is 0 Å². The van der Waals surface area contributed by atoms with E-state index in [9.17, 15) is 4.79 Å². The third kappa shape index (κ3) is 3.10. The summed E-state index contributed by atoms with van der Waals surface area (Å²) in [6, 6.07) is 5.89. The molecule has 0 saturated carbocycles. The smallest absolute Gasteiger partial charge is 0.330 e. The van der Waals surface area contributed by atoms with Gasteiger partial charge in [-0.1, -0.05) is 18.2 Å². The zero-order chi connectivity index (χ0) is 15.4. The van der Waals surface area contributed by atoms with Crippen LogP contribution < -0.4 is 4.90 Å². The van der Waals surface area contributed by atoms with Crippen molar-refractivity contribution in [3.05, 3.63) is 29.3 Å². The topological polar surface area (TPSA) is 39.1 Å². The first-order chi connectivity index (χ1) is 9.31. The van der Waals surface area contributed by atoms with E-state index in [-0.39, 0.29) is 6.03 Å². The van der Waals surface area contributed by atoms with Crippen LogP contribution in [0, 0.1) is 13.8 Å². The van der Waals surface area contributed by atoms with E-state index in [4.69, 9.17) is 0 Å². The monoisotopic (exact) mass is 276 g/mol. The van der Waals surface area contributed by atoms with E-state index < -0.39 is 0 Å². The summed E-state index contributed by atoms with van der Waals surface area (Å²) in [7, 11) is 8.93. The molecule has 0 saturated heterocycles. The van der Waals surface area contributed by atoms with Crippen molar-refractivity contribution in [2.45, 2.75) is 13.8 Å². The second-order valence-electron chi connectivity index (χ2n) is 5.06. The van der Waals surface area contributed by atoms with Crippen molar-refractivity contribution in [2.75, 3.05) is 40.1 Å². The van der Waals surface area contributed by atoms with Gasteiger partial charge in [0.1, 0.15) is 0 Å². The lowest BCUT2D eigenvalue weighted by molar-refractivity contribution is 0.230. The lowest BCUT2D eigenvalue weighted by Crippen LogP contribution is -2.47. The van der Waals surface area contributed by atoms with Crippen molar-refractivity contribution in [2.24, 2.45) is 4.99 Å². The predicted octanol–water partition coefficient (Wildman–Crippen LogP) is 2.34. The number of guanidine groups is 1. The van der Waals surface area contributed by atoms with E-state index in [0.717, 1.165) is 16.8 Å². The van der Waals surface area contributed by atoms with Crippen molar-refractivity contribution in [1.82, 2.24) is 9.80 Å². The third-order valence-electron chi connectivity index (χ3n) is 3.25. The fourth-order valence-corrected chi connectivity index (χ4v) is 2.39. The number of para-hydroxylation sites is 1. The summed E-state index contributed by atoms with van der Waals surface area (Å²) in [5.74, 6) is 0.619. The maximum absolute atomic E-state index is 12.6. The first-order valence-corrected chi connectivity index (χ1v) is 6.53. The number of hydrogen-bond acceptors (Lipinski definition) is 2. The Kier molecular flexibility index (Phi) is 5.13. The Labute approximate surface area is 121 Å². The number of benzene rings is 1. The molecule has 1 aromatic rings. The van der Waals surface area contributed by atoms with Crippen LogP contribution in [-0.2, 0) is 0 Å². The van der Waals surface area contributed by atoms with Crippen LogP contribution in [0.25, 0.3) is 0 Å². The highest BCUT2D eigenvalue weighted by atomic mass is 16.2. The molecule has 5 heteroatoms.